The molecule has 6 heteroatoms. The number of benzene rings is 1. The number of aliphatic imine (C=N–C) groups is 1. The van der Waals surface area contributed by atoms with Gasteiger partial charge < -0.3 is 15.7 Å². The van der Waals surface area contributed by atoms with E-state index in [4.69, 9.17) is 10.7 Å². The van der Waals surface area contributed by atoms with Crippen molar-refractivity contribution < 1.29 is 14.7 Å². The van der Waals surface area contributed by atoms with E-state index in [1.807, 2.05) is 38.1 Å². The van der Waals surface area contributed by atoms with E-state index in [2.05, 4.69) is 0 Å². The van der Waals surface area contributed by atoms with Gasteiger partial charge in [-0.3, -0.25) is 14.6 Å². The molecule has 0 unspecified atom stereocenters. The molecular weight excluding hydrogens is 330 g/mol. The van der Waals surface area contributed by atoms with Gasteiger partial charge in [0.1, 0.15) is 5.57 Å². The number of aliphatic hydroxyl groups is 1. The highest BCUT2D eigenvalue weighted by atomic mass is 16.3. The van der Waals surface area contributed by atoms with E-state index in [0.29, 0.717) is 18.8 Å². The van der Waals surface area contributed by atoms with Gasteiger partial charge in [0.25, 0.3) is 11.8 Å². The minimum absolute atomic E-state index is 0.0837. The van der Waals surface area contributed by atoms with E-state index in [1.54, 1.807) is 4.90 Å². The molecule has 0 bridgehead atoms. The van der Waals surface area contributed by atoms with Crippen molar-refractivity contribution in [2.75, 3.05) is 13.1 Å². The molecule has 138 valence electrons. The summed E-state index contributed by atoms with van der Waals surface area (Å²) in [5.74, 6) is -2.12. The molecule has 1 aromatic carbocycles. The van der Waals surface area contributed by atoms with Crippen molar-refractivity contribution in [2.24, 2.45) is 10.7 Å². The maximum atomic E-state index is 13.2. The first kappa shape index (κ1) is 18.2. The highest BCUT2D eigenvalue weighted by Crippen LogP contribution is 2.31. The molecule has 26 heavy (non-hydrogen) atoms. The van der Waals surface area contributed by atoms with Crippen LogP contribution < -0.4 is 5.73 Å². The number of piperidine rings is 1. The fourth-order valence-electron chi connectivity index (χ4n) is 3.66. The fraction of sp³-hybridized carbons (Fsp3) is 0.450. The molecule has 0 atom stereocenters. The summed E-state index contributed by atoms with van der Waals surface area (Å²) in [5, 5.41) is 10.4. The Bertz CT molecular complexity index is 802. The molecule has 0 aromatic heterocycles. The zero-order chi connectivity index (χ0) is 18.9. The molecule has 3 rings (SSSR count). The summed E-state index contributed by atoms with van der Waals surface area (Å²) < 4.78 is 0. The van der Waals surface area contributed by atoms with Crippen LogP contribution in [-0.2, 0) is 16.0 Å². The van der Waals surface area contributed by atoms with E-state index in [1.165, 1.54) is 0 Å². The number of nitrogens with zero attached hydrogens (tertiary/aromatic N) is 2. The third-order valence-corrected chi connectivity index (χ3v) is 4.87. The van der Waals surface area contributed by atoms with E-state index < -0.39 is 17.2 Å². The third-order valence-electron chi connectivity index (χ3n) is 4.87. The van der Waals surface area contributed by atoms with Gasteiger partial charge in [-0.2, -0.15) is 0 Å². The summed E-state index contributed by atoms with van der Waals surface area (Å²) >= 11 is 0. The second-order valence-electron chi connectivity index (χ2n) is 7.55. The molecule has 1 saturated heterocycles. The average Bonchev–Trinajstić information content (AvgIpc) is 2.61. The van der Waals surface area contributed by atoms with Crippen molar-refractivity contribution >= 4 is 17.5 Å². The number of fused-ring (bicyclic) bond motifs is 1. The van der Waals surface area contributed by atoms with Gasteiger partial charge in [-0.25, -0.2) is 0 Å². The lowest BCUT2D eigenvalue weighted by Gasteiger charge is -2.32. The van der Waals surface area contributed by atoms with Gasteiger partial charge in [-0.1, -0.05) is 24.3 Å². The fourth-order valence-corrected chi connectivity index (χ4v) is 3.66. The van der Waals surface area contributed by atoms with Crippen molar-refractivity contribution in [3.8, 4) is 0 Å². The number of rotatable bonds is 3. The Labute approximate surface area is 153 Å². The summed E-state index contributed by atoms with van der Waals surface area (Å²) in [6, 6.07) is 7.63. The van der Waals surface area contributed by atoms with Crippen molar-refractivity contribution in [1.82, 2.24) is 4.90 Å². The molecule has 2 aliphatic heterocycles. The standard InChI is InChI=1S/C20H25N3O3/c1-20(2)12-13-8-4-5-9-14(13)16(22-20)15(17(24)18(21)25)19(26)23-10-6-3-7-11-23/h4-5,8-9,24H,3,6-7,10-12H2,1-2H3,(H2,21,25). The first-order chi connectivity index (χ1) is 12.3. The number of primary amides is 1. The second-order valence-corrected chi connectivity index (χ2v) is 7.55. The Balaban J connectivity index is 2.15. The topological polar surface area (TPSA) is 96.0 Å². The lowest BCUT2D eigenvalue weighted by Crippen LogP contribution is -2.41. The molecule has 0 saturated carbocycles. The summed E-state index contributed by atoms with van der Waals surface area (Å²) in [6.07, 6.45) is 3.60. The predicted molar refractivity (Wildman–Crippen MR) is 100 cm³/mol. The maximum absolute atomic E-state index is 13.2. The molecule has 6 nitrogen and oxygen atoms in total. The van der Waals surface area contributed by atoms with Crippen LogP contribution in [0.15, 0.2) is 40.6 Å². The Morgan fingerprint density at radius 1 is 1.15 bits per heavy atom. The Morgan fingerprint density at radius 2 is 1.81 bits per heavy atom. The molecule has 0 radical (unpaired) electrons. The number of carbonyl (C=O) groups is 2. The van der Waals surface area contributed by atoms with Crippen molar-refractivity contribution in [1.29, 1.82) is 0 Å². The Morgan fingerprint density at radius 3 is 2.46 bits per heavy atom. The molecule has 1 fully saturated rings. The predicted octanol–water partition coefficient (Wildman–Crippen LogP) is 2.12. The third kappa shape index (κ3) is 3.49. The molecule has 1 aromatic rings. The number of likely N-dealkylation sites (tertiary alicyclic amines) is 1. The number of hydrogen-bond donors (Lipinski definition) is 2. The molecule has 2 heterocycles. The molecule has 3 N–H and O–H groups in total. The summed E-state index contributed by atoms with van der Waals surface area (Å²) in [5.41, 5.74) is 6.94. The van der Waals surface area contributed by atoms with E-state index in [9.17, 15) is 14.7 Å². The van der Waals surface area contributed by atoms with Gasteiger partial charge in [0.05, 0.1) is 11.3 Å². The van der Waals surface area contributed by atoms with Crippen LogP contribution in [-0.4, -0.2) is 46.2 Å². The number of nitrogens with two attached hydrogens (primary N) is 1. The van der Waals surface area contributed by atoms with Crippen LogP contribution in [0.1, 0.15) is 44.2 Å². The maximum Gasteiger partial charge on any atom is 0.284 e. The number of amides is 2. The summed E-state index contributed by atoms with van der Waals surface area (Å²) in [7, 11) is 0. The zero-order valence-corrected chi connectivity index (χ0v) is 15.3. The van der Waals surface area contributed by atoms with E-state index in [-0.39, 0.29) is 11.5 Å². The lowest BCUT2D eigenvalue weighted by molar-refractivity contribution is -0.128. The van der Waals surface area contributed by atoms with Crippen LogP contribution >= 0.6 is 0 Å². The van der Waals surface area contributed by atoms with Gasteiger partial charge >= 0.3 is 0 Å². The SMILES string of the molecule is CC1(C)Cc2ccccc2C(C(C(=O)N2CCCCC2)=C(O)C(N)=O)=N1. The highest BCUT2D eigenvalue weighted by Gasteiger charge is 2.35. The average molecular weight is 355 g/mol. The smallest absolute Gasteiger partial charge is 0.284 e. The van der Waals surface area contributed by atoms with Crippen LogP contribution in [0.2, 0.25) is 0 Å². The van der Waals surface area contributed by atoms with Crippen LogP contribution in [0.25, 0.3) is 0 Å². The first-order valence-electron chi connectivity index (χ1n) is 9.01. The number of carbonyl (C=O) groups excluding carboxylic acids is 2. The van der Waals surface area contributed by atoms with Crippen LogP contribution in [0.4, 0.5) is 0 Å². The summed E-state index contributed by atoms with van der Waals surface area (Å²) in [4.78, 5) is 31.3. The monoisotopic (exact) mass is 355 g/mol. The first-order valence-corrected chi connectivity index (χ1v) is 9.01. The van der Waals surface area contributed by atoms with E-state index in [0.717, 1.165) is 36.8 Å². The van der Waals surface area contributed by atoms with Crippen molar-refractivity contribution in [3.05, 3.63) is 46.7 Å². The van der Waals surface area contributed by atoms with E-state index >= 15 is 0 Å². The van der Waals surface area contributed by atoms with Crippen LogP contribution in [0.3, 0.4) is 0 Å². The van der Waals surface area contributed by atoms with Crippen molar-refractivity contribution in [3.63, 3.8) is 0 Å². The summed E-state index contributed by atoms with van der Waals surface area (Å²) in [6.45, 7) is 5.14. The normalized spacial score (nSPS) is 19.9. The molecular formula is C20H25N3O3. The highest BCUT2D eigenvalue weighted by molar-refractivity contribution is 6.31. The number of aliphatic hydroxyl groups excluding tert-OH is 1. The molecule has 0 spiro atoms. The number of hydrogen-bond acceptors (Lipinski definition) is 4. The molecule has 2 amide bonds. The van der Waals surface area contributed by atoms with Gasteiger partial charge in [0.15, 0.2) is 5.76 Å². The van der Waals surface area contributed by atoms with Crippen LogP contribution in [0, 0.1) is 0 Å². The van der Waals surface area contributed by atoms with Gasteiger partial charge in [-0.15, -0.1) is 0 Å². The van der Waals surface area contributed by atoms with Crippen LogP contribution in [0.5, 0.6) is 0 Å². The van der Waals surface area contributed by atoms with Gasteiger partial charge in [0, 0.05) is 18.7 Å². The lowest BCUT2D eigenvalue weighted by atomic mass is 9.84. The largest absolute Gasteiger partial charge is 0.502 e. The quantitative estimate of drug-likeness (QED) is 0.642. The Kier molecular flexibility index (Phi) is 4.85. The minimum atomic E-state index is -1.02. The second kappa shape index (κ2) is 6.94. The minimum Gasteiger partial charge on any atom is -0.502 e. The molecule has 0 aliphatic carbocycles. The van der Waals surface area contributed by atoms with Gasteiger partial charge in [0.2, 0.25) is 0 Å². The zero-order valence-electron chi connectivity index (χ0n) is 15.3. The molecule has 2 aliphatic rings. The van der Waals surface area contributed by atoms with Gasteiger partial charge in [-0.05, 0) is 45.1 Å². The Hall–Kier alpha value is -2.63. The van der Waals surface area contributed by atoms with Crippen molar-refractivity contribution in [2.45, 2.75) is 45.1 Å².